The molecule has 0 saturated carbocycles. The van der Waals surface area contributed by atoms with E-state index in [-0.39, 0.29) is 12.0 Å². The van der Waals surface area contributed by atoms with Crippen LogP contribution in [0.2, 0.25) is 0 Å². The molecule has 0 radical (unpaired) electrons. The number of ether oxygens (including phenoxy) is 1. The van der Waals surface area contributed by atoms with Crippen LogP contribution in [0.4, 0.5) is 0 Å². The molecule has 20 heavy (non-hydrogen) atoms. The third kappa shape index (κ3) is 3.14. The molecule has 5 heteroatoms. The molecule has 2 saturated heterocycles. The molecular formula is C15H25NO4. The van der Waals surface area contributed by atoms with Gasteiger partial charge in [0.25, 0.3) is 5.91 Å². The van der Waals surface area contributed by atoms with Gasteiger partial charge in [0.1, 0.15) is 6.10 Å². The maximum Gasteiger partial charge on any atom is 0.309 e. The van der Waals surface area contributed by atoms with E-state index in [1.807, 2.05) is 6.92 Å². The van der Waals surface area contributed by atoms with E-state index >= 15 is 0 Å². The highest BCUT2D eigenvalue weighted by molar-refractivity contribution is 5.82. The topological polar surface area (TPSA) is 66.8 Å². The lowest BCUT2D eigenvalue weighted by molar-refractivity contribution is -0.158. The van der Waals surface area contributed by atoms with E-state index in [0.717, 1.165) is 25.7 Å². The number of rotatable bonds is 4. The first-order valence-corrected chi connectivity index (χ1v) is 7.73. The van der Waals surface area contributed by atoms with Crippen LogP contribution >= 0.6 is 0 Å². The van der Waals surface area contributed by atoms with Crippen LogP contribution in [0.25, 0.3) is 0 Å². The lowest BCUT2D eigenvalue weighted by Crippen LogP contribution is -2.50. The smallest absolute Gasteiger partial charge is 0.309 e. The predicted molar refractivity (Wildman–Crippen MR) is 74.4 cm³/mol. The first kappa shape index (κ1) is 15.3. The van der Waals surface area contributed by atoms with Gasteiger partial charge < -0.3 is 14.7 Å². The van der Waals surface area contributed by atoms with Crippen molar-refractivity contribution in [2.45, 2.75) is 58.0 Å². The van der Waals surface area contributed by atoms with Crippen molar-refractivity contribution >= 4 is 11.9 Å². The van der Waals surface area contributed by atoms with Gasteiger partial charge >= 0.3 is 5.97 Å². The Kier molecular flexibility index (Phi) is 5.02. The molecular weight excluding hydrogens is 258 g/mol. The van der Waals surface area contributed by atoms with E-state index in [9.17, 15) is 14.7 Å². The summed E-state index contributed by atoms with van der Waals surface area (Å²) in [4.78, 5) is 25.7. The molecule has 1 atom stereocenters. The Balaban J connectivity index is 1.92. The van der Waals surface area contributed by atoms with Gasteiger partial charge in [-0.15, -0.1) is 0 Å². The lowest BCUT2D eigenvalue weighted by atomic mass is 9.75. The Morgan fingerprint density at radius 2 is 2.00 bits per heavy atom. The number of likely N-dealkylation sites (tertiary alicyclic amines) is 1. The molecule has 0 aromatic carbocycles. The van der Waals surface area contributed by atoms with Crippen LogP contribution in [-0.2, 0) is 14.3 Å². The van der Waals surface area contributed by atoms with E-state index in [0.29, 0.717) is 39.0 Å². The van der Waals surface area contributed by atoms with Gasteiger partial charge in [-0.05, 0) is 38.5 Å². The summed E-state index contributed by atoms with van der Waals surface area (Å²) in [7, 11) is 0. The molecule has 2 rings (SSSR count). The Morgan fingerprint density at radius 3 is 2.50 bits per heavy atom. The Bertz CT molecular complexity index is 355. The largest absolute Gasteiger partial charge is 0.481 e. The van der Waals surface area contributed by atoms with Crippen LogP contribution in [0.3, 0.4) is 0 Å². The van der Waals surface area contributed by atoms with Crippen molar-refractivity contribution in [3.63, 3.8) is 0 Å². The number of piperidine rings is 1. The van der Waals surface area contributed by atoms with E-state index in [2.05, 4.69) is 0 Å². The molecule has 5 nitrogen and oxygen atoms in total. The third-order valence-corrected chi connectivity index (χ3v) is 4.67. The zero-order chi connectivity index (χ0) is 14.6. The molecule has 2 fully saturated rings. The minimum atomic E-state index is -0.708. The normalized spacial score (nSPS) is 26.2. The highest BCUT2D eigenvalue weighted by Gasteiger charge is 2.42. The van der Waals surface area contributed by atoms with E-state index in [4.69, 9.17) is 4.74 Å². The van der Waals surface area contributed by atoms with Crippen LogP contribution in [-0.4, -0.2) is 47.7 Å². The van der Waals surface area contributed by atoms with Crippen molar-refractivity contribution in [1.29, 1.82) is 0 Å². The zero-order valence-corrected chi connectivity index (χ0v) is 12.3. The van der Waals surface area contributed by atoms with Crippen LogP contribution in [0, 0.1) is 5.41 Å². The van der Waals surface area contributed by atoms with Crippen molar-refractivity contribution in [3.8, 4) is 0 Å². The highest BCUT2D eigenvalue weighted by atomic mass is 16.5. The third-order valence-electron chi connectivity index (χ3n) is 4.67. The molecule has 1 N–H and O–H groups in total. The molecule has 0 aromatic heterocycles. The molecule has 2 aliphatic heterocycles. The van der Waals surface area contributed by atoms with Gasteiger partial charge in [-0.3, -0.25) is 9.59 Å². The summed E-state index contributed by atoms with van der Waals surface area (Å²) in [6, 6.07) is 0. The van der Waals surface area contributed by atoms with Crippen molar-refractivity contribution in [3.05, 3.63) is 0 Å². The number of carbonyl (C=O) groups excluding carboxylic acids is 1. The number of nitrogens with zero attached hydrogens (tertiary/aromatic N) is 1. The number of hydrogen-bond acceptors (Lipinski definition) is 3. The predicted octanol–water partition coefficient (Wildman–Crippen LogP) is 2.05. The quantitative estimate of drug-likeness (QED) is 0.857. The first-order valence-electron chi connectivity index (χ1n) is 7.73. The first-order chi connectivity index (χ1) is 9.59. The van der Waals surface area contributed by atoms with Crippen LogP contribution in [0.15, 0.2) is 0 Å². The number of aliphatic carboxylic acids is 1. The summed E-state index contributed by atoms with van der Waals surface area (Å²) in [5.74, 6) is -0.652. The number of carbonyl (C=O) groups is 2. The van der Waals surface area contributed by atoms with Gasteiger partial charge in [0.2, 0.25) is 0 Å². The van der Waals surface area contributed by atoms with Crippen LogP contribution < -0.4 is 0 Å². The second-order valence-electron chi connectivity index (χ2n) is 6.02. The number of hydrogen-bond donors (Lipinski definition) is 1. The minimum Gasteiger partial charge on any atom is -0.481 e. The molecule has 1 amide bonds. The van der Waals surface area contributed by atoms with Crippen molar-refractivity contribution < 1.29 is 19.4 Å². The molecule has 0 aliphatic carbocycles. The van der Waals surface area contributed by atoms with E-state index < -0.39 is 11.4 Å². The summed E-state index contributed by atoms with van der Waals surface area (Å²) in [6.45, 7) is 3.77. The summed E-state index contributed by atoms with van der Waals surface area (Å²) < 4.78 is 5.53. The second kappa shape index (κ2) is 6.57. The fourth-order valence-corrected chi connectivity index (χ4v) is 3.34. The second-order valence-corrected chi connectivity index (χ2v) is 6.02. The summed E-state index contributed by atoms with van der Waals surface area (Å²) in [5, 5.41) is 9.47. The lowest BCUT2D eigenvalue weighted by Gasteiger charge is -2.40. The van der Waals surface area contributed by atoms with Gasteiger partial charge in [0.05, 0.1) is 5.41 Å². The fraction of sp³-hybridized carbons (Fsp3) is 0.867. The standard InChI is InChI=1S/C15H25NO4/c1-2-6-15(14(18)19)7-9-16(10-8-15)13(17)12-5-3-4-11-20-12/h12H,2-11H2,1H3,(H,18,19). The van der Waals surface area contributed by atoms with Gasteiger partial charge in [0.15, 0.2) is 0 Å². The Hall–Kier alpha value is -1.10. The molecule has 0 aromatic rings. The Labute approximate surface area is 120 Å². The molecule has 1 unspecified atom stereocenters. The van der Waals surface area contributed by atoms with Crippen LogP contribution in [0.5, 0.6) is 0 Å². The van der Waals surface area contributed by atoms with Gasteiger partial charge in [-0.25, -0.2) is 0 Å². The van der Waals surface area contributed by atoms with Crippen LogP contribution in [0.1, 0.15) is 51.9 Å². The maximum absolute atomic E-state index is 12.3. The average molecular weight is 283 g/mol. The van der Waals surface area contributed by atoms with E-state index in [1.54, 1.807) is 4.90 Å². The molecule has 114 valence electrons. The average Bonchev–Trinajstić information content (AvgIpc) is 2.48. The molecule has 2 aliphatic rings. The highest BCUT2D eigenvalue weighted by Crippen LogP contribution is 2.36. The van der Waals surface area contributed by atoms with Crippen molar-refractivity contribution in [2.24, 2.45) is 5.41 Å². The number of amides is 1. The van der Waals surface area contributed by atoms with E-state index in [1.165, 1.54) is 0 Å². The van der Waals surface area contributed by atoms with Gasteiger partial charge in [0, 0.05) is 19.7 Å². The van der Waals surface area contributed by atoms with Gasteiger partial charge in [-0.2, -0.15) is 0 Å². The summed E-state index contributed by atoms with van der Waals surface area (Å²) >= 11 is 0. The molecule has 0 bridgehead atoms. The Morgan fingerprint density at radius 1 is 1.30 bits per heavy atom. The zero-order valence-electron chi connectivity index (χ0n) is 12.3. The molecule has 2 heterocycles. The fourth-order valence-electron chi connectivity index (χ4n) is 3.34. The SMILES string of the molecule is CCCC1(C(=O)O)CCN(C(=O)C2CCCCO2)CC1. The maximum atomic E-state index is 12.3. The van der Waals surface area contributed by atoms with Gasteiger partial charge in [-0.1, -0.05) is 13.3 Å². The summed E-state index contributed by atoms with van der Waals surface area (Å²) in [6.07, 6.45) is 5.27. The molecule has 0 spiro atoms. The van der Waals surface area contributed by atoms with Crippen molar-refractivity contribution in [2.75, 3.05) is 19.7 Å². The monoisotopic (exact) mass is 283 g/mol. The number of carboxylic acid groups (broad SMARTS) is 1. The van der Waals surface area contributed by atoms with Crippen molar-refractivity contribution in [1.82, 2.24) is 4.90 Å². The summed E-state index contributed by atoms with van der Waals surface area (Å²) in [5.41, 5.74) is -0.626. The minimum absolute atomic E-state index is 0.0557. The number of carboxylic acids is 1.